The van der Waals surface area contributed by atoms with E-state index in [1.165, 1.54) is 12.8 Å². The van der Waals surface area contributed by atoms with E-state index in [-0.39, 0.29) is 6.61 Å². The molecule has 1 aromatic heterocycles. The number of nitrogens with one attached hydrogen (secondary N) is 1. The van der Waals surface area contributed by atoms with E-state index in [9.17, 15) is 5.11 Å². The van der Waals surface area contributed by atoms with Crippen LogP contribution in [0, 0.1) is 5.92 Å². The van der Waals surface area contributed by atoms with Gasteiger partial charge in [-0.2, -0.15) is 0 Å². The molecule has 0 spiro atoms. The first-order valence-electron chi connectivity index (χ1n) is 5.78. The largest absolute Gasteiger partial charge is 0.396 e. The number of pyridine rings is 1. The maximum atomic E-state index is 9.34. The van der Waals surface area contributed by atoms with Crippen LogP contribution in [0.1, 0.15) is 25.7 Å². The molecule has 0 radical (unpaired) electrons. The van der Waals surface area contributed by atoms with Crippen molar-refractivity contribution in [3.05, 3.63) is 22.9 Å². The van der Waals surface area contributed by atoms with Gasteiger partial charge in [0, 0.05) is 31.0 Å². The summed E-state index contributed by atoms with van der Waals surface area (Å²) < 4.78 is 0.984. The Balaban J connectivity index is 2.05. The quantitative estimate of drug-likeness (QED) is 0.897. The zero-order valence-corrected chi connectivity index (χ0v) is 10.8. The van der Waals surface area contributed by atoms with Crippen molar-refractivity contribution in [2.75, 3.05) is 11.9 Å². The number of aliphatic hydroxyl groups is 1. The topological polar surface area (TPSA) is 45.1 Å². The summed E-state index contributed by atoms with van der Waals surface area (Å²) in [5, 5.41) is 12.8. The lowest BCUT2D eigenvalue weighted by atomic mass is 9.85. The van der Waals surface area contributed by atoms with E-state index in [2.05, 4.69) is 26.2 Å². The summed E-state index contributed by atoms with van der Waals surface area (Å²) in [6, 6.07) is 2.35. The summed E-state index contributed by atoms with van der Waals surface area (Å²) in [5.74, 6) is 0.383. The van der Waals surface area contributed by atoms with Crippen molar-refractivity contribution in [1.82, 2.24) is 4.98 Å². The van der Waals surface area contributed by atoms with E-state index < -0.39 is 0 Å². The molecule has 3 nitrogen and oxygen atoms in total. The maximum Gasteiger partial charge on any atom is 0.0590 e. The summed E-state index contributed by atoms with van der Waals surface area (Å²) in [6.45, 7) is 0.278. The Kier molecular flexibility index (Phi) is 4.18. The molecule has 0 bridgehead atoms. The summed E-state index contributed by atoms with van der Waals surface area (Å²) in [7, 11) is 0. The van der Waals surface area contributed by atoms with Crippen molar-refractivity contribution >= 4 is 21.6 Å². The number of anilines is 1. The summed E-state index contributed by atoms with van der Waals surface area (Å²) in [6.07, 6.45) is 8.32. The number of halogens is 1. The third kappa shape index (κ3) is 2.74. The molecule has 1 aliphatic rings. The van der Waals surface area contributed by atoms with Gasteiger partial charge in [-0.15, -0.1) is 0 Å². The van der Waals surface area contributed by atoms with Gasteiger partial charge >= 0.3 is 0 Å². The monoisotopic (exact) mass is 284 g/mol. The minimum absolute atomic E-state index is 0.278. The van der Waals surface area contributed by atoms with Crippen LogP contribution in [0.2, 0.25) is 0 Å². The van der Waals surface area contributed by atoms with Crippen molar-refractivity contribution in [2.24, 2.45) is 5.92 Å². The van der Waals surface area contributed by atoms with E-state index in [0.29, 0.717) is 12.0 Å². The van der Waals surface area contributed by atoms with Gasteiger partial charge in [0.25, 0.3) is 0 Å². The molecular formula is C12H17BrN2O. The highest BCUT2D eigenvalue weighted by atomic mass is 79.9. The highest BCUT2D eigenvalue weighted by Crippen LogP contribution is 2.29. The Bertz CT molecular complexity index is 346. The fraction of sp³-hybridized carbons (Fsp3) is 0.583. The molecule has 1 fully saturated rings. The second kappa shape index (κ2) is 5.64. The smallest absolute Gasteiger partial charge is 0.0590 e. The van der Waals surface area contributed by atoms with Gasteiger partial charge in [-0.05, 0) is 34.8 Å². The normalized spacial score (nSPS) is 25.4. The fourth-order valence-electron chi connectivity index (χ4n) is 2.31. The predicted molar refractivity (Wildman–Crippen MR) is 68.4 cm³/mol. The second-order valence-corrected chi connectivity index (χ2v) is 5.19. The minimum Gasteiger partial charge on any atom is -0.396 e. The minimum atomic E-state index is 0.278. The molecule has 2 atom stereocenters. The van der Waals surface area contributed by atoms with Crippen molar-refractivity contribution in [2.45, 2.75) is 31.7 Å². The Morgan fingerprint density at radius 2 is 2.25 bits per heavy atom. The second-order valence-electron chi connectivity index (χ2n) is 4.33. The van der Waals surface area contributed by atoms with E-state index >= 15 is 0 Å². The first-order valence-corrected chi connectivity index (χ1v) is 6.57. The maximum absolute atomic E-state index is 9.34. The van der Waals surface area contributed by atoms with Gasteiger partial charge in [0.05, 0.1) is 10.2 Å². The fourth-order valence-corrected chi connectivity index (χ4v) is 2.67. The molecule has 16 heavy (non-hydrogen) atoms. The van der Waals surface area contributed by atoms with Gasteiger partial charge in [-0.25, -0.2) is 0 Å². The summed E-state index contributed by atoms with van der Waals surface area (Å²) in [5.41, 5.74) is 1.07. The number of aliphatic hydroxyl groups excluding tert-OH is 1. The van der Waals surface area contributed by atoms with Crippen LogP contribution >= 0.6 is 15.9 Å². The van der Waals surface area contributed by atoms with Crippen LogP contribution in [0.4, 0.5) is 5.69 Å². The highest BCUT2D eigenvalue weighted by Gasteiger charge is 2.24. The average molecular weight is 285 g/mol. The molecule has 2 N–H and O–H groups in total. The first-order chi connectivity index (χ1) is 7.81. The molecule has 0 saturated heterocycles. The Morgan fingerprint density at radius 3 is 3.00 bits per heavy atom. The first kappa shape index (κ1) is 11.9. The number of rotatable bonds is 3. The van der Waals surface area contributed by atoms with Crippen molar-refractivity contribution < 1.29 is 5.11 Å². The van der Waals surface area contributed by atoms with E-state index in [1.807, 2.05) is 6.07 Å². The zero-order chi connectivity index (χ0) is 11.4. The zero-order valence-electron chi connectivity index (χ0n) is 9.19. The van der Waals surface area contributed by atoms with Crippen LogP contribution in [0.3, 0.4) is 0 Å². The molecule has 1 aromatic rings. The summed E-state index contributed by atoms with van der Waals surface area (Å²) >= 11 is 3.48. The van der Waals surface area contributed by atoms with Gasteiger partial charge in [-0.3, -0.25) is 4.98 Å². The van der Waals surface area contributed by atoms with Gasteiger partial charge in [0.15, 0.2) is 0 Å². The lowest BCUT2D eigenvalue weighted by Crippen LogP contribution is -2.34. The Hall–Kier alpha value is -0.610. The van der Waals surface area contributed by atoms with Crippen molar-refractivity contribution in [3.8, 4) is 0 Å². The van der Waals surface area contributed by atoms with Crippen molar-refractivity contribution in [3.63, 3.8) is 0 Å². The van der Waals surface area contributed by atoms with E-state index in [4.69, 9.17) is 0 Å². The van der Waals surface area contributed by atoms with Gasteiger partial charge in [0.1, 0.15) is 0 Å². The molecule has 4 heteroatoms. The van der Waals surface area contributed by atoms with Crippen molar-refractivity contribution in [1.29, 1.82) is 0 Å². The average Bonchev–Trinajstić information content (AvgIpc) is 2.33. The molecule has 0 amide bonds. The standard InChI is InChI=1S/C12H17BrN2O/c13-10-7-14-6-5-12(10)15-11-4-2-1-3-9(11)8-16/h5-7,9,11,16H,1-4,8H2,(H,14,15). The molecule has 1 saturated carbocycles. The molecule has 0 aromatic carbocycles. The van der Waals surface area contributed by atoms with E-state index in [1.54, 1.807) is 12.4 Å². The molecule has 88 valence electrons. The van der Waals surface area contributed by atoms with Crippen LogP contribution in [0.5, 0.6) is 0 Å². The lowest BCUT2D eigenvalue weighted by Gasteiger charge is -2.31. The van der Waals surface area contributed by atoms with Gasteiger partial charge < -0.3 is 10.4 Å². The van der Waals surface area contributed by atoms with Gasteiger partial charge in [0.2, 0.25) is 0 Å². The van der Waals surface area contributed by atoms with Crippen LogP contribution in [0.15, 0.2) is 22.9 Å². The molecular weight excluding hydrogens is 268 g/mol. The third-order valence-corrected chi connectivity index (χ3v) is 3.89. The van der Waals surface area contributed by atoms with E-state index in [0.717, 1.165) is 23.0 Å². The lowest BCUT2D eigenvalue weighted by molar-refractivity contribution is 0.178. The van der Waals surface area contributed by atoms with Crippen LogP contribution in [-0.2, 0) is 0 Å². The summed E-state index contributed by atoms with van der Waals surface area (Å²) in [4.78, 5) is 4.04. The molecule has 0 aliphatic heterocycles. The van der Waals surface area contributed by atoms with Gasteiger partial charge in [-0.1, -0.05) is 12.8 Å². The van der Waals surface area contributed by atoms with Crippen LogP contribution < -0.4 is 5.32 Å². The number of aromatic nitrogens is 1. The van der Waals surface area contributed by atoms with Crippen LogP contribution in [0.25, 0.3) is 0 Å². The number of hydrogen-bond acceptors (Lipinski definition) is 3. The molecule has 2 rings (SSSR count). The Morgan fingerprint density at radius 1 is 1.44 bits per heavy atom. The molecule has 2 unspecified atom stereocenters. The number of nitrogens with zero attached hydrogens (tertiary/aromatic N) is 1. The molecule has 1 heterocycles. The SMILES string of the molecule is OCC1CCCCC1Nc1ccncc1Br. The third-order valence-electron chi connectivity index (χ3n) is 3.26. The predicted octanol–water partition coefficient (Wildman–Crippen LogP) is 2.81. The Labute approximate surface area is 104 Å². The highest BCUT2D eigenvalue weighted by molar-refractivity contribution is 9.10. The van der Waals surface area contributed by atoms with Crippen LogP contribution in [-0.4, -0.2) is 22.7 Å². The number of hydrogen-bond donors (Lipinski definition) is 2. The molecule has 1 aliphatic carbocycles.